The predicted molar refractivity (Wildman–Crippen MR) is 85.0 cm³/mol. The predicted octanol–water partition coefficient (Wildman–Crippen LogP) is 4.34. The zero-order valence-electron chi connectivity index (χ0n) is 13.4. The molecule has 0 aliphatic heterocycles. The van der Waals surface area contributed by atoms with Gasteiger partial charge < -0.3 is 10.1 Å². The highest BCUT2D eigenvalue weighted by molar-refractivity contribution is 5.94. The van der Waals surface area contributed by atoms with Crippen molar-refractivity contribution < 1.29 is 22.7 Å². The van der Waals surface area contributed by atoms with E-state index in [4.69, 9.17) is 4.74 Å². The molecule has 0 bridgehead atoms. The van der Waals surface area contributed by atoms with Gasteiger partial charge in [0.2, 0.25) is 0 Å². The summed E-state index contributed by atoms with van der Waals surface area (Å²) in [6.07, 6.45) is -4.40. The van der Waals surface area contributed by atoms with Crippen LogP contribution in [0.5, 0.6) is 5.75 Å². The first-order valence-corrected chi connectivity index (χ1v) is 7.49. The third-order valence-electron chi connectivity index (χ3n) is 3.44. The lowest BCUT2D eigenvalue weighted by molar-refractivity contribution is -0.137. The third-order valence-corrected chi connectivity index (χ3v) is 3.44. The maximum atomic E-state index is 12.7. The van der Waals surface area contributed by atoms with Crippen LogP contribution < -0.4 is 10.1 Å². The number of ether oxygens (including phenoxy) is 1. The van der Waals surface area contributed by atoms with Crippen LogP contribution in [0, 0.1) is 6.92 Å². The molecule has 6 heteroatoms. The van der Waals surface area contributed by atoms with Gasteiger partial charge in [-0.05, 0) is 55.3 Å². The molecule has 0 aromatic heterocycles. The van der Waals surface area contributed by atoms with Gasteiger partial charge in [0.15, 0.2) is 0 Å². The van der Waals surface area contributed by atoms with Gasteiger partial charge in [0.05, 0.1) is 12.2 Å². The number of nitrogens with one attached hydrogen (secondary N) is 1. The Kier molecular flexibility index (Phi) is 5.49. The largest absolute Gasteiger partial charge is 0.494 e. The second kappa shape index (κ2) is 7.38. The second-order valence-electron chi connectivity index (χ2n) is 5.29. The number of carbonyl (C=O) groups excluding carboxylic acids is 1. The molecule has 0 spiro atoms. The lowest BCUT2D eigenvalue weighted by Crippen LogP contribution is -2.23. The van der Waals surface area contributed by atoms with E-state index in [0.29, 0.717) is 23.5 Å². The lowest BCUT2D eigenvalue weighted by atomic mass is 10.1. The fraction of sp³-hybridized carbons (Fsp3) is 0.278. The van der Waals surface area contributed by atoms with Crippen molar-refractivity contribution in [2.24, 2.45) is 0 Å². The molecule has 2 rings (SSSR count). The highest BCUT2D eigenvalue weighted by atomic mass is 19.4. The monoisotopic (exact) mass is 337 g/mol. The topological polar surface area (TPSA) is 38.3 Å². The van der Waals surface area contributed by atoms with Crippen LogP contribution in [0.3, 0.4) is 0 Å². The molecule has 0 aliphatic rings. The third kappa shape index (κ3) is 4.50. The highest BCUT2D eigenvalue weighted by Crippen LogP contribution is 2.29. The van der Waals surface area contributed by atoms with Crippen molar-refractivity contribution in [3.05, 3.63) is 64.7 Å². The first-order chi connectivity index (χ1) is 11.3. The molecular weight excluding hydrogens is 319 g/mol. The van der Waals surface area contributed by atoms with Crippen LogP contribution in [0.4, 0.5) is 13.2 Å². The first-order valence-electron chi connectivity index (χ1n) is 7.49. The van der Waals surface area contributed by atoms with E-state index in [2.05, 4.69) is 5.32 Å². The number of rotatable bonds is 5. The van der Waals surface area contributed by atoms with E-state index in [1.165, 1.54) is 6.07 Å². The molecule has 0 saturated carbocycles. The first kappa shape index (κ1) is 17.8. The standard InChI is InChI=1S/C18H18F3NO2/c1-3-24-16-8-7-14(9-12(16)2)17(23)22-11-13-5-4-6-15(10-13)18(19,20)21/h4-10H,3,11H2,1-2H3,(H,22,23). The molecule has 2 aromatic carbocycles. The van der Waals surface area contributed by atoms with Crippen LogP contribution in [0.1, 0.15) is 34.0 Å². The Labute approximate surface area is 138 Å². The molecular formula is C18H18F3NO2. The minimum absolute atomic E-state index is 0.0228. The fourth-order valence-electron chi connectivity index (χ4n) is 2.25. The Morgan fingerprint density at radius 3 is 2.54 bits per heavy atom. The second-order valence-corrected chi connectivity index (χ2v) is 5.29. The summed E-state index contributed by atoms with van der Waals surface area (Å²) in [5, 5.41) is 2.63. The molecule has 0 heterocycles. The Balaban J connectivity index is 2.04. The van der Waals surface area contributed by atoms with Crippen LogP contribution >= 0.6 is 0 Å². The van der Waals surface area contributed by atoms with E-state index in [1.54, 1.807) is 24.3 Å². The summed E-state index contributed by atoms with van der Waals surface area (Å²) in [5.74, 6) is 0.352. The van der Waals surface area contributed by atoms with Gasteiger partial charge in [0.1, 0.15) is 5.75 Å². The highest BCUT2D eigenvalue weighted by Gasteiger charge is 2.30. The number of hydrogen-bond acceptors (Lipinski definition) is 2. The van der Waals surface area contributed by atoms with Crippen molar-refractivity contribution in [3.8, 4) is 5.75 Å². The van der Waals surface area contributed by atoms with Crippen LogP contribution in [-0.4, -0.2) is 12.5 Å². The smallest absolute Gasteiger partial charge is 0.416 e. The minimum Gasteiger partial charge on any atom is -0.494 e. The molecule has 0 saturated heterocycles. The van der Waals surface area contributed by atoms with Gasteiger partial charge in [-0.25, -0.2) is 0 Å². The van der Waals surface area contributed by atoms with E-state index in [1.807, 2.05) is 13.8 Å². The molecule has 0 atom stereocenters. The molecule has 128 valence electrons. The number of benzene rings is 2. The van der Waals surface area contributed by atoms with Crippen molar-refractivity contribution in [2.45, 2.75) is 26.6 Å². The molecule has 1 amide bonds. The fourth-order valence-corrected chi connectivity index (χ4v) is 2.25. The van der Waals surface area contributed by atoms with Gasteiger partial charge in [-0.15, -0.1) is 0 Å². The van der Waals surface area contributed by atoms with E-state index < -0.39 is 11.7 Å². The van der Waals surface area contributed by atoms with E-state index in [0.717, 1.165) is 17.7 Å². The molecule has 0 unspecified atom stereocenters. The Morgan fingerprint density at radius 1 is 1.17 bits per heavy atom. The SMILES string of the molecule is CCOc1ccc(C(=O)NCc2cccc(C(F)(F)F)c2)cc1C. The summed E-state index contributed by atoms with van der Waals surface area (Å²) in [4.78, 5) is 12.1. The van der Waals surface area contributed by atoms with Crippen molar-refractivity contribution in [1.29, 1.82) is 0 Å². The van der Waals surface area contributed by atoms with Gasteiger partial charge in [0.25, 0.3) is 5.91 Å². The van der Waals surface area contributed by atoms with Crippen LogP contribution in [0.25, 0.3) is 0 Å². The summed E-state index contributed by atoms with van der Waals surface area (Å²) < 4.78 is 43.4. The molecule has 0 fully saturated rings. The molecule has 0 aliphatic carbocycles. The van der Waals surface area contributed by atoms with Crippen LogP contribution in [0.15, 0.2) is 42.5 Å². The van der Waals surface area contributed by atoms with Gasteiger partial charge >= 0.3 is 6.18 Å². The Hall–Kier alpha value is -2.50. The number of amides is 1. The zero-order valence-corrected chi connectivity index (χ0v) is 13.4. The number of alkyl halides is 3. The summed E-state index contributed by atoms with van der Waals surface area (Å²) in [6.45, 7) is 4.25. The minimum atomic E-state index is -4.40. The maximum Gasteiger partial charge on any atom is 0.416 e. The van der Waals surface area contributed by atoms with Crippen molar-refractivity contribution >= 4 is 5.91 Å². The molecule has 1 N–H and O–H groups in total. The molecule has 24 heavy (non-hydrogen) atoms. The Morgan fingerprint density at radius 2 is 1.92 bits per heavy atom. The van der Waals surface area contributed by atoms with E-state index in [-0.39, 0.29) is 12.5 Å². The quantitative estimate of drug-likeness (QED) is 0.881. The number of halogens is 3. The molecule has 3 nitrogen and oxygen atoms in total. The summed E-state index contributed by atoms with van der Waals surface area (Å²) in [7, 11) is 0. The van der Waals surface area contributed by atoms with Gasteiger partial charge in [-0.2, -0.15) is 13.2 Å². The average molecular weight is 337 g/mol. The van der Waals surface area contributed by atoms with E-state index in [9.17, 15) is 18.0 Å². The van der Waals surface area contributed by atoms with Crippen molar-refractivity contribution in [3.63, 3.8) is 0 Å². The molecule has 0 radical (unpaired) electrons. The van der Waals surface area contributed by atoms with Crippen molar-refractivity contribution in [1.82, 2.24) is 5.32 Å². The van der Waals surface area contributed by atoms with Crippen LogP contribution in [-0.2, 0) is 12.7 Å². The summed E-state index contributed by atoms with van der Waals surface area (Å²) in [5.41, 5.74) is 0.915. The normalized spacial score (nSPS) is 11.2. The summed E-state index contributed by atoms with van der Waals surface area (Å²) >= 11 is 0. The summed E-state index contributed by atoms with van der Waals surface area (Å²) in [6, 6.07) is 9.92. The number of aryl methyl sites for hydroxylation is 1. The number of hydrogen-bond donors (Lipinski definition) is 1. The lowest BCUT2D eigenvalue weighted by Gasteiger charge is -2.11. The Bertz CT molecular complexity index is 726. The number of carbonyl (C=O) groups is 1. The van der Waals surface area contributed by atoms with Gasteiger partial charge in [-0.1, -0.05) is 12.1 Å². The van der Waals surface area contributed by atoms with Crippen molar-refractivity contribution in [2.75, 3.05) is 6.61 Å². The zero-order chi connectivity index (χ0) is 17.7. The van der Waals surface area contributed by atoms with Gasteiger partial charge in [-0.3, -0.25) is 4.79 Å². The van der Waals surface area contributed by atoms with Gasteiger partial charge in [0, 0.05) is 12.1 Å². The maximum absolute atomic E-state index is 12.7. The van der Waals surface area contributed by atoms with E-state index >= 15 is 0 Å². The average Bonchev–Trinajstić information content (AvgIpc) is 2.54. The van der Waals surface area contributed by atoms with Crippen LogP contribution in [0.2, 0.25) is 0 Å². The molecule has 2 aromatic rings.